The number of amides is 3. The number of halogens is 1. The van der Waals surface area contributed by atoms with E-state index in [1.165, 1.54) is 0 Å². The molecule has 3 amide bonds. The van der Waals surface area contributed by atoms with Crippen molar-refractivity contribution in [1.82, 2.24) is 10.6 Å². The Balaban J connectivity index is 1.98. The number of imide groups is 1. The first-order chi connectivity index (χ1) is 8.20. The molecule has 1 aliphatic rings. The number of benzene rings is 1. The van der Waals surface area contributed by atoms with Crippen LogP contribution in [0.4, 0.5) is 4.79 Å². The van der Waals surface area contributed by atoms with Gasteiger partial charge in [-0.2, -0.15) is 0 Å². The molecule has 5 nitrogen and oxygen atoms in total. The minimum atomic E-state index is -0.569. The average molecular weight is 255 g/mol. The molecular formula is C11H11ClN2O3. The van der Waals surface area contributed by atoms with Gasteiger partial charge < -0.3 is 10.1 Å². The van der Waals surface area contributed by atoms with Gasteiger partial charge in [0.25, 0.3) is 0 Å². The molecule has 1 unspecified atom stereocenters. The zero-order valence-corrected chi connectivity index (χ0v) is 9.66. The third-order valence-corrected chi connectivity index (χ3v) is 2.62. The summed E-state index contributed by atoms with van der Waals surface area (Å²) in [5, 5.41) is 4.76. The van der Waals surface area contributed by atoms with Gasteiger partial charge >= 0.3 is 6.03 Å². The zero-order chi connectivity index (χ0) is 12.3. The van der Waals surface area contributed by atoms with E-state index < -0.39 is 11.9 Å². The maximum atomic E-state index is 11.4. The van der Waals surface area contributed by atoms with Crippen LogP contribution in [0.15, 0.2) is 24.3 Å². The van der Waals surface area contributed by atoms with E-state index >= 15 is 0 Å². The second kappa shape index (κ2) is 5.05. The lowest BCUT2D eigenvalue weighted by molar-refractivity contribution is -0.117. The smallest absolute Gasteiger partial charge is 0.322 e. The van der Waals surface area contributed by atoms with Gasteiger partial charge in [0.15, 0.2) is 0 Å². The van der Waals surface area contributed by atoms with Crippen molar-refractivity contribution in [3.63, 3.8) is 0 Å². The number of carbonyl (C=O) groups is 2. The normalized spacial score (nSPS) is 16.9. The van der Waals surface area contributed by atoms with Crippen molar-refractivity contribution in [2.24, 2.45) is 0 Å². The summed E-state index contributed by atoms with van der Waals surface area (Å²) in [4.78, 5) is 22.3. The summed E-state index contributed by atoms with van der Waals surface area (Å²) in [6, 6.07) is 6.62. The van der Waals surface area contributed by atoms with Crippen LogP contribution in [0.1, 0.15) is 11.6 Å². The monoisotopic (exact) mass is 254 g/mol. The number of alkyl halides is 1. The van der Waals surface area contributed by atoms with Crippen molar-refractivity contribution in [2.45, 2.75) is 6.04 Å². The Hall–Kier alpha value is -1.75. The number of rotatable bonds is 2. The number of nitrogens with one attached hydrogen (secondary N) is 2. The van der Waals surface area contributed by atoms with Crippen LogP contribution in [0, 0.1) is 0 Å². The maximum absolute atomic E-state index is 11.4. The van der Waals surface area contributed by atoms with E-state index in [9.17, 15) is 9.59 Å². The molecular weight excluding hydrogens is 244 g/mol. The number of carbonyl (C=O) groups excluding carboxylic acids is 2. The van der Waals surface area contributed by atoms with Crippen LogP contribution in [0.5, 0.6) is 5.75 Å². The van der Waals surface area contributed by atoms with E-state index in [2.05, 4.69) is 10.6 Å². The zero-order valence-electron chi connectivity index (χ0n) is 8.90. The highest BCUT2D eigenvalue weighted by atomic mass is 35.5. The fourth-order valence-corrected chi connectivity index (χ4v) is 1.70. The van der Waals surface area contributed by atoms with Gasteiger partial charge in [-0.25, -0.2) is 4.79 Å². The van der Waals surface area contributed by atoms with E-state index in [0.29, 0.717) is 6.61 Å². The van der Waals surface area contributed by atoms with Crippen LogP contribution in [0.3, 0.4) is 0 Å². The second-order valence-electron chi connectivity index (χ2n) is 3.56. The first-order valence-corrected chi connectivity index (χ1v) is 5.62. The van der Waals surface area contributed by atoms with Crippen molar-refractivity contribution in [3.05, 3.63) is 29.8 Å². The lowest BCUT2D eigenvalue weighted by atomic mass is 10.1. The van der Waals surface area contributed by atoms with Gasteiger partial charge in [-0.05, 0) is 6.07 Å². The Labute approximate surface area is 103 Å². The molecule has 2 N–H and O–H groups in total. The molecule has 1 aromatic carbocycles. The highest BCUT2D eigenvalue weighted by molar-refractivity contribution is 6.28. The van der Waals surface area contributed by atoms with E-state index in [1.54, 1.807) is 0 Å². The molecule has 1 aliphatic heterocycles. The van der Waals surface area contributed by atoms with Crippen molar-refractivity contribution in [2.75, 3.05) is 12.5 Å². The number of fused-ring (bicyclic) bond motifs is 1. The summed E-state index contributed by atoms with van der Waals surface area (Å²) in [6.45, 7) is 0.363. The Morgan fingerprint density at radius 2 is 2.18 bits per heavy atom. The SMILES string of the molecule is O=C(CCl)NC(=O)NC1COc2ccccc21. The van der Waals surface area contributed by atoms with E-state index in [1.807, 2.05) is 24.3 Å². The number of ether oxygens (including phenoxy) is 1. The summed E-state index contributed by atoms with van der Waals surface area (Å²) in [6.07, 6.45) is 0. The van der Waals surface area contributed by atoms with Crippen LogP contribution in [0.25, 0.3) is 0 Å². The van der Waals surface area contributed by atoms with E-state index in [4.69, 9.17) is 16.3 Å². The summed E-state index contributed by atoms with van der Waals surface area (Å²) < 4.78 is 5.39. The lowest BCUT2D eigenvalue weighted by Gasteiger charge is -2.11. The molecule has 90 valence electrons. The molecule has 0 fully saturated rings. The molecule has 1 heterocycles. The highest BCUT2D eigenvalue weighted by Crippen LogP contribution is 2.31. The Kier molecular flexibility index (Phi) is 3.49. The predicted octanol–water partition coefficient (Wildman–Crippen LogP) is 1.18. The molecule has 0 bridgehead atoms. The maximum Gasteiger partial charge on any atom is 0.322 e. The van der Waals surface area contributed by atoms with Crippen LogP contribution >= 0.6 is 11.6 Å². The Bertz CT molecular complexity index is 450. The average Bonchev–Trinajstić information content (AvgIpc) is 2.72. The van der Waals surface area contributed by atoms with Gasteiger partial charge in [-0.15, -0.1) is 11.6 Å². The Morgan fingerprint density at radius 3 is 2.94 bits per heavy atom. The molecule has 0 saturated heterocycles. The highest BCUT2D eigenvalue weighted by Gasteiger charge is 2.25. The van der Waals surface area contributed by atoms with E-state index in [0.717, 1.165) is 11.3 Å². The molecule has 1 aromatic rings. The molecule has 0 radical (unpaired) electrons. The summed E-state index contributed by atoms with van der Waals surface area (Å²) >= 11 is 5.28. The molecule has 1 atom stereocenters. The summed E-state index contributed by atoms with van der Waals surface area (Å²) in [5.74, 6) is -0.0246. The predicted molar refractivity (Wildman–Crippen MR) is 62.1 cm³/mol. The summed E-state index contributed by atoms with van der Waals surface area (Å²) in [5.41, 5.74) is 0.904. The summed E-state index contributed by atoms with van der Waals surface area (Å²) in [7, 11) is 0. The first-order valence-electron chi connectivity index (χ1n) is 5.08. The van der Waals surface area contributed by atoms with Crippen molar-refractivity contribution >= 4 is 23.5 Å². The third kappa shape index (κ3) is 2.68. The quantitative estimate of drug-likeness (QED) is 0.779. The third-order valence-electron chi connectivity index (χ3n) is 2.38. The van der Waals surface area contributed by atoms with Crippen molar-refractivity contribution in [1.29, 1.82) is 0 Å². The fraction of sp³-hybridized carbons (Fsp3) is 0.273. The minimum absolute atomic E-state index is 0.241. The second-order valence-corrected chi connectivity index (χ2v) is 3.82. The van der Waals surface area contributed by atoms with Crippen LogP contribution in [-0.2, 0) is 4.79 Å². The van der Waals surface area contributed by atoms with Gasteiger partial charge in [0.1, 0.15) is 18.2 Å². The molecule has 0 aliphatic carbocycles. The standard InChI is InChI=1S/C11H11ClN2O3/c12-5-10(15)14-11(16)13-8-6-17-9-4-2-1-3-7(8)9/h1-4,8H,5-6H2,(H2,13,14,15,16). The van der Waals surface area contributed by atoms with E-state index in [-0.39, 0.29) is 11.9 Å². The van der Waals surface area contributed by atoms with Gasteiger partial charge in [-0.1, -0.05) is 18.2 Å². The van der Waals surface area contributed by atoms with Gasteiger partial charge in [0.2, 0.25) is 5.91 Å². The molecule has 17 heavy (non-hydrogen) atoms. The molecule has 6 heteroatoms. The fourth-order valence-electron chi connectivity index (χ4n) is 1.64. The Morgan fingerprint density at radius 1 is 1.41 bits per heavy atom. The number of hydrogen-bond donors (Lipinski definition) is 2. The topological polar surface area (TPSA) is 67.4 Å². The number of urea groups is 1. The molecule has 2 rings (SSSR count). The van der Waals surface area contributed by atoms with Crippen LogP contribution in [0.2, 0.25) is 0 Å². The van der Waals surface area contributed by atoms with Gasteiger partial charge in [0.05, 0.1) is 6.04 Å². The van der Waals surface area contributed by atoms with Crippen molar-refractivity contribution in [3.8, 4) is 5.75 Å². The van der Waals surface area contributed by atoms with Crippen LogP contribution in [-0.4, -0.2) is 24.4 Å². The van der Waals surface area contributed by atoms with Crippen LogP contribution < -0.4 is 15.4 Å². The minimum Gasteiger partial charge on any atom is -0.491 e. The molecule has 0 spiro atoms. The lowest BCUT2D eigenvalue weighted by Crippen LogP contribution is -2.42. The first kappa shape index (κ1) is 11.7. The largest absolute Gasteiger partial charge is 0.491 e. The number of para-hydroxylation sites is 1. The van der Waals surface area contributed by atoms with Gasteiger partial charge in [-0.3, -0.25) is 10.1 Å². The molecule has 0 aromatic heterocycles. The van der Waals surface area contributed by atoms with Crippen molar-refractivity contribution < 1.29 is 14.3 Å². The number of hydrogen-bond acceptors (Lipinski definition) is 3. The molecule has 0 saturated carbocycles. The van der Waals surface area contributed by atoms with Gasteiger partial charge in [0, 0.05) is 5.56 Å².